The summed E-state index contributed by atoms with van der Waals surface area (Å²) in [6.45, 7) is 1.63. The molecule has 3 amide bonds. The number of carbonyl (C=O) groups is 4. The van der Waals surface area contributed by atoms with Gasteiger partial charge in [-0.3, -0.25) is 19.2 Å². The van der Waals surface area contributed by atoms with Crippen molar-refractivity contribution in [3.8, 4) is 0 Å². The van der Waals surface area contributed by atoms with Crippen molar-refractivity contribution in [1.29, 1.82) is 0 Å². The molecule has 3 N–H and O–H groups in total. The third kappa shape index (κ3) is 3.06. The van der Waals surface area contributed by atoms with Crippen molar-refractivity contribution in [3.63, 3.8) is 0 Å². The number of hydrogen-bond donors (Lipinski definition) is 2. The zero-order valence-corrected chi connectivity index (χ0v) is 16.4. The van der Waals surface area contributed by atoms with Gasteiger partial charge in [0.1, 0.15) is 24.1 Å². The second-order valence-corrected chi connectivity index (χ2v) is 7.59. The number of rotatable bonds is 7. The maximum absolute atomic E-state index is 13.2. The normalized spacial score (nSPS) is 31.0. The Morgan fingerprint density at radius 2 is 2.00 bits per heavy atom. The summed E-state index contributed by atoms with van der Waals surface area (Å²) in [6.07, 6.45) is 2.68. The molecule has 2 bridgehead atoms. The minimum atomic E-state index is -1.34. The number of primary amides is 1. The van der Waals surface area contributed by atoms with E-state index in [9.17, 15) is 19.2 Å². The van der Waals surface area contributed by atoms with Crippen molar-refractivity contribution >= 4 is 23.7 Å². The van der Waals surface area contributed by atoms with Crippen LogP contribution in [0.3, 0.4) is 0 Å². The molecule has 2 saturated heterocycles. The van der Waals surface area contributed by atoms with Gasteiger partial charge in [0.15, 0.2) is 0 Å². The molecule has 0 aliphatic carbocycles. The fourth-order valence-electron chi connectivity index (χ4n) is 4.70. The molecule has 9 nitrogen and oxygen atoms in total. The molecule has 0 radical (unpaired) electrons. The number of amides is 3. The van der Waals surface area contributed by atoms with Gasteiger partial charge in [0.25, 0.3) is 0 Å². The lowest BCUT2D eigenvalue weighted by Crippen LogP contribution is -2.55. The highest BCUT2D eigenvalue weighted by atomic mass is 16.6. The second kappa shape index (κ2) is 7.56. The maximum atomic E-state index is 13.2. The number of nitrogens with zero attached hydrogens (tertiary/aromatic N) is 1. The quantitative estimate of drug-likeness (QED) is 0.458. The monoisotopic (exact) mass is 413 g/mol. The number of likely N-dealkylation sites (tertiary alicyclic amines) is 1. The number of fused-ring (bicyclic) bond motifs is 1. The van der Waals surface area contributed by atoms with E-state index < -0.39 is 59.8 Å². The van der Waals surface area contributed by atoms with Crippen molar-refractivity contribution < 1.29 is 28.7 Å². The molecule has 1 spiro atoms. The molecule has 1 aromatic rings. The standard InChI is InChI=1S/C21H23N3O6/c1-2-29-20(28)15-13-8-9-21(30-13)16(15)19(27)24(11-14(22)25)17(21)18(26)23-10-12-6-4-3-5-7-12/h3-9,13,15-17H,2,10-11H2,1H3,(H2,22,25)(H,23,26)/t13-,15-,16+,17?,21+/m1/s1. The van der Waals surface area contributed by atoms with Crippen LogP contribution in [-0.2, 0) is 35.2 Å². The summed E-state index contributed by atoms with van der Waals surface area (Å²) in [6, 6.07) is 8.16. The van der Waals surface area contributed by atoms with Crippen LogP contribution < -0.4 is 11.1 Å². The molecule has 5 atom stereocenters. The predicted molar refractivity (Wildman–Crippen MR) is 103 cm³/mol. The lowest BCUT2D eigenvalue weighted by Gasteiger charge is -2.31. The molecule has 4 rings (SSSR count). The van der Waals surface area contributed by atoms with Gasteiger partial charge in [0.05, 0.1) is 18.6 Å². The Bertz CT molecular complexity index is 917. The highest BCUT2D eigenvalue weighted by Crippen LogP contribution is 2.55. The van der Waals surface area contributed by atoms with Gasteiger partial charge >= 0.3 is 5.97 Å². The van der Waals surface area contributed by atoms with Crippen LogP contribution in [0, 0.1) is 11.8 Å². The van der Waals surface area contributed by atoms with Crippen LogP contribution in [0.15, 0.2) is 42.5 Å². The maximum Gasteiger partial charge on any atom is 0.312 e. The third-order valence-corrected chi connectivity index (χ3v) is 5.82. The Balaban J connectivity index is 1.65. The molecule has 3 heterocycles. The largest absolute Gasteiger partial charge is 0.466 e. The van der Waals surface area contributed by atoms with Crippen LogP contribution in [-0.4, -0.2) is 59.5 Å². The van der Waals surface area contributed by atoms with E-state index in [2.05, 4.69) is 5.32 Å². The van der Waals surface area contributed by atoms with Crippen LogP contribution >= 0.6 is 0 Å². The Hall–Kier alpha value is -3.20. The van der Waals surface area contributed by atoms with Crippen LogP contribution in [0.2, 0.25) is 0 Å². The fraction of sp³-hybridized carbons (Fsp3) is 0.429. The molecule has 0 aromatic heterocycles. The first-order chi connectivity index (χ1) is 14.4. The molecule has 158 valence electrons. The predicted octanol–water partition coefficient (Wildman–Crippen LogP) is -0.498. The van der Waals surface area contributed by atoms with E-state index in [0.717, 1.165) is 10.5 Å². The van der Waals surface area contributed by atoms with Crippen LogP contribution in [0.4, 0.5) is 0 Å². The zero-order valence-electron chi connectivity index (χ0n) is 16.4. The van der Waals surface area contributed by atoms with Crippen molar-refractivity contribution in [1.82, 2.24) is 10.2 Å². The van der Waals surface area contributed by atoms with Gasteiger partial charge in [-0.15, -0.1) is 0 Å². The number of benzene rings is 1. The number of esters is 1. The summed E-state index contributed by atoms with van der Waals surface area (Å²) in [7, 11) is 0. The van der Waals surface area contributed by atoms with Gasteiger partial charge in [-0.25, -0.2) is 0 Å². The molecule has 30 heavy (non-hydrogen) atoms. The van der Waals surface area contributed by atoms with E-state index in [1.54, 1.807) is 19.1 Å². The number of carbonyl (C=O) groups excluding carboxylic acids is 4. The molecule has 1 aromatic carbocycles. The number of nitrogens with two attached hydrogens (primary N) is 1. The molecule has 3 aliphatic heterocycles. The van der Waals surface area contributed by atoms with Crippen LogP contribution in [0.25, 0.3) is 0 Å². The third-order valence-electron chi connectivity index (χ3n) is 5.82. The summed E-state index contributed by atoms with van der Waals surface area (Å²) in [5, 5.41) is 2.81. The minimum Gasteiger partial charge on any atom is -0.466 e. The van der Waals surface area contributed by atoms with Gasteiger partial charge in [-0.05, 0) is 12.5 Å². The van der Waals surface area contributed by atoms with Gasteiger partial charge < -0.3 is 25.4 Å². The zero-order chi connectivity index (χ0) is 21.5. The van der Waals surface area contributed by atoms with E-state index in [1.807, 2.05) is 30.3 Å². The topological polar surface area (TPSA) is 128 Å². The van der Waals surface area contributed by atoms with E-state index in [-0.39, 0.29) is 13.2 Å². The van der Waals surface area contributed by atoms with Crippen molar-refractivity contribution in [2.24, 2.45) is 17.6 Å². The second-order valence-electron chi connectivity index (χ2n) is 7.59. The number of hydrogen-bond acceptors (Lipinski definition) is 6. The first-order valence-electron chi connectivity index (χ1n) is 9.83. The fourth-order valence-corrected chi connectivity index (χ4v) is 4.70. The molecule has 1 unspecified atom stereocenters. The Morgan fingerprint density at radius 3 is 2.67 bits per heavy atom. The SMILES string of the molecule is CCOC(=O)[C@H]1[C@H]2C(=O)N(CC(N)=O)C(C(=O)NCc3ccccc3)[C@]23C=C[C@H]1O3. The van der Waals surface area contributed by atoms with Gasteiger partial charge in [0, 0.05) is 6.54 Å². The van der Waals surface area contributed by atoms with Gasteiger partial charge in [-0.2, -0.15) is 0 Å². The molecule has 0 saturated carbocycles. The van der Waals surface area contributed by atoms with Gasteiger partial charge in [-0.1, -0.05) is 42.5 Å². The number of ether oxygens (including phenoxy) is 2. The highest BCUT2D eigenvalue weighted by Gasteiger charge is 2.73. The summed E-state index contributed by atoms with van der Waals surface area (Å²) in [5.74, 6) is -4.13. The molecular weight excluding hydrogens is 390 g/mol. The van der Waals surface area contributed by atoms with Crippen molar-refractivity contribution in [3.05, 3.63) is 48.0 Å². The number of nitrogens with one attached hydrogen (secondary N) is 1. The smallest absolute Gasteiger partial charge is 0.312 e. The van der Waals surface area contributed by atoms with E-state index in [0.29, 0.717) is 0 Å². The Kier molecular flexibility index (Phi) is 5.07. The van der Waals surface area contributed by atoms with Gasteiger partial charge in [0.2, 0.25) is 17.7 Å². The highest BCUT2D eigenvalue weighted by molar-refractivity contribution is 6.00. The lowest BCUT2D eigenvalue weighted by molar-refractivity contribution is -0.153. The Morgan fingerprint density at radius 1 is 1.27 bits per heavy atom. The van der Waals surface area contributed by atoms with Crippen LogP contribution in [0.1, 0.15) is 12.5 Å². The van der Waals surface area contributed by atoms with E-state index in [1.165, 1.54) is 0 Å². The summed E-state index contributed by atoms with van der Waals surface area (Å²) in [5.41, 5.74) is 4.87. The average Bonchev–Trinajstić information content (AvgIpc) is 3.35. The average molecular weight is 413 g/mol. The van der Waals surface area contributed by atoms with Crippen molar-refractivity contribution in [2.75, 3.05) is 13.2 Å². The van der Waals surface area contributed by atoms with E-state index in [4.69, 9.17) is 15.2 Å². The summed E-state index contributed by atoms with van der Waals surface area (Å²) < 4.78 is 11.2. The molecule has 9 heteroatoms. The summed E-state index contributed by atoms with van der Waals surface area (Å²) >= 11 is 0. The first kappa shape index (κ1) is 20.1. The minimum absolute atomic E-state index is 0.158. The Labute approximate surface area is 173 Å². The first-order valence-corrected chi connectivity index (χ1v) is 9.83. The molecular formula is C21H23N3O6. The van der Waals surface area contributed by atoms with Crippen molar-refractivity contribution in [2.45, 2.75) is 31.2 Å². The molecule has 3 aliphatic rings. The molecule has 2 fully saturated rings. The van der Waals surface area contributed by atoms with Crippen LogP contribution in [0.5, 0.6) is 0 Å². The summed E-state index contributed by atoms with van der Waals surface area (Å²) in [4.78, 5) is 51.7. The van der Waals surface area contributed by atoms with E-state index >= 15 is 0 Å². The lowest BCUT2D eigenvalue weighted by atomic mass is 9.74.